The van der Waals surface area contributed by atoms with Crippen LogP contribution >= 0.6 is 0 Å². The van der Waals surface area contributed by atoms with Crippen molar-refractivity contribution in [1.82, 2.24) is 5.32 Å². The second kappa shape index (κ2) is 4.87. The van der Waals surface area contributed by atoms with Crippen molar-refractivity contribution < 1.29 is 9.78 Å². The fourth-order valence-electron chi connectivity index (χ4n) is 3.63. The molecule has 1 aliphatic heterocycles. The van der Waals surface area contributed by atoms with Gasteiger partial charge in [-0.3, -0.25) is 5.32 Å². The summed E-state index contributed by atoms with van der Waals surface area (Å²) in [5.74, 6) is 0. The number of rotatable bonds is 0. The van der Waals surface area contributed by atoms with Crippen LogP contribution in [0.5, 0.6) is 0 Å². The fraction of sp³-hybridized carbons (Fsp3) is 1.00. The molecule has 0 unspecified atom stereocenters. The number of nitrogens with one attached hydrogen (secondary N) is 1. The highest BCUT2D eigenvalue weighted by molar-refractivity contribution is 4.92. The first-order valence-electron chi connectivity index (χ1n) is 7.49. The Hall–Kier alpha value is -0.120. The standard InChI is InChI=1S/C14H25NO2/c1-2-6-10-13(9-5-1)15-14(17-16-13)11-7-3-4-8-12-14/h15H,1-12H2. The van der Waals surface area contributed by atoms with Crippen LogP contribution in [0.25, 0.3) is 0 Å². The average molecular weight is 239 g/mol. The van der Waals surface area contributed by atoms with Gasteiger partial charge in [-0.05, 0) is 51.4 Å². The third-order valence-electron chi connectivity index (χ3n) is 4.64. The predicted molar refractivity (Wildman–Crippen MR) is 66.2 cm³/mol. The lowest BCUT2D eigenvalue weighted by Crippen LogP contribution is -2.50. The Balaban J connectivity index is 1.69. The summed E-state index contributed by atoms with van der Waals surface area (Å²) < 4.78 is 0. The second-order valence-corrected chi connectivity index (χ2v) is 6.11. The second-order valence-electron chi connectivity index (χ2n) is 6.11. The molecule has 3 aliphatic rings. The number of hydrogen-bond donors (Lipinski definition) is 1. The molecule has 98 valence electrons. The van der Waals surface area contributed by atoms with Gasteiger partial charge in [0.25, 0.3) is 0 Å². The van der Waals surface area contributed by atoms with Crippen LogP contribution in [0.1, 0.15) is 77.0 Å². The summed E-state index contributed by atoms with van der Waals surface area (Å²) in [5.41, 5.74) is -0.304. The van der Waals surface area contributed by atoms with Gasteiger partial charge in [0, 0.05) is 0 Å². The van der Waals surface area contributed by atoms with E-state index in [2.05, 4.69) is 5.32 Å². The monoisotopic (exact) mass is 239 g/mol. The topological polar surface area (TPSA) is 30.5 Å². The van der Waals surface area contributed by atoms with Crippen LogP contribution in [0.2, 0.25) is 0 Å². The Kier molecular flexibility index (Phi) is 3.42. The van der Waals surface area contributed by atoms with Crippen LogP contribution in [0.3, 0.4) is 0 Å². The smallest absolute Gasteiger partial charge is 0.156 e. The van der Waals surface area contributed by atoms with Crippen molar-refractivity contribution in [3.8, 4) is 0 Å². The lowest BCUT2D eigenvalue weighted by atomic mass is 9.98. The lowest BCUT2D eigenvalue weighted by Gasteiger charge is -2.29. The van der Waals surface area contributed by atoms with E-state index in [-0.39, 0.29) is 11.4 Å². The largest absolute Gasteiger partial charge is 0.256 e. The van der Waals surface area contributed by atoms with E-state index in [0.717, 1.165) is 25.7 Å². The average Bonchev–Trinajstić information content (AvgIpc) is 2.51. The molecule has 1 heterocycles. The molecule has 3 fully saturated rings. The first-order chi connectivity index (χ1) is 8.33. The molecule has 17 heavy (non-hydrogen) atoms. The highest BCUT2D eigenvalue weighted by atomic mass is 17.2. The summed E-state index contributed by atoms with van der Waals surface area (Å²) in [6.45, 7) is 0. The molecule has 0 bridgehead atoms. The zero-order chi connectivity index (χ0) is 11.6. The van der Waals surface area contributed by atoms with Crippen LogP contribution in [0.15, 0.2) is 0 Å². The summed E-state index contributed by atoms with van der Waals surface area (Å²) >= 11 is 0. The van der Waals surface area contributed by atoms with Gasteiger partial charge in [-0.25, -0.2) is 9.78 Å². The van der Waals surface area contributed by atoms with Crippen molar-refractivity contribution in [1.29, 1.82) is 0 Å². The van der Waals surface area contributed by atoms with Crippen LogP contribution in [0, 0.1) is 0 Å². The summed E-state index contributed by atoms with van der Waals surface area (Å²) in [4.78, 5) is 11.6. The van der Waals surface area contributed by atoms with E-state index in [0.29, 0.717) is 0 Å². The third-order valence-corrected chi connectivity index (χ3v) is 4.64. The first-order valence-corrected chi connectivity index (χ1v) is 7.49. The predicted octanol–water partition coefficient (Wildman–Crippen LogP) is 3.64. The van der Waals surface area contributed by atoms with Crippen molar-refractivity contribution in [3.05, 3.63) is 0 Å². The minimum absolute atomic E-state index is 0.152. The normalized spacial score (nSPS) is 32.5. The Bertz CT molecular complexity index is 225. The van der Waals surface area contributed by atoms with E-state index in [1.54, 1.807) is 0 Å². The zero-order valence-electron chi connectivity index (χ0n) is 10.8. The number of hydrogen-bond acceptors (Lipinski definition) is 3. The molecule has 0 aromatic rings. The quantitative estimate of drug-likeness (QED) is 0.655. The lowest BCUT2D eigenvalue weighted by molar-refractivity contribution is -0.354. The highest BCUT2D eigenvalue weighted by Gasteiger charge is 2.50. The van der Waals surface area contributed by atoms with Gasteiger partial charge in [0.1, 0.15) is 0 Å². The van der Waals surface area contributed by atoms with Crippen molar-refractivity contribution >= 4 is 0 Å². The Morgan fingerprint density at radius 3 is 1.24 bits per heavy atom. The minimum Gasteiger partial charge on any atom is -0.256 e. The maximum absolute atomic E-state index is 5.80. The van der Waals surface area contributed by atoms with E-state index in [4.69, 9.17) is 9.78 Å². The molecule has 3 nitrogen and oxygen atoms in total. The minimum atomic E-state index is -0.152. The molecule has 0 aromatic carbocycles. The maximum atomic E-state index is 5.80. The van der Waals surface area contributed by atoms with E-state index in [1.807, 2.05) is 0 Å². The van der Waals surface area contributed by atoms with Gasteiger partial charge >= 0.3 is 0 Å². The Labute approximate surface area is 104 Å². The highest BCUT2D eigenvalue weighted by Crippen LogP contribution is 2.41. The molecule has 1 N–H and O–H groups in total. The van der Waals surface area contributed by atoms with Crippen LogP contribution < -0.4 is 5.32 Å². The van der Waals surface area contributed by atoms with Gasteiger partial charge in [-0.2, -0.15) is 0 Å². The SMILES string of the molecule is C1CCCC2(CC1)NC1(CCCCCC1)OO2. The van der Waals surface area contributed by atoms with Gasteiger partial charge in [0.05, 0.1) is 0 Å². The molecular formula is C14H25NO2. The molecule has 3 heteroatoms. The molecule has 0 amide bonds. The van der Waals surface area contributed by atoms with Gasteiger partial charge in [0.2, 0.25) is 0 Å². The molecule has 1 saturated heterocycles. The zero-order valence-corrected chi connectivity index (χ0v) is 10.8. The summed E-state index contributed by atoms with van der Waals surface area (Å²) in [7, 11) is 0. The Morgan fingerprint density at radius 1 is 0.529 bits per heavy atom. The van der Waals surface area contributed by atoms with Crippen molar-refractivity contribution in [2.45, 2.75) is 88.5 Å². The first kappa shape index (κ1) is 11.9. The molecule has 2 aliphatic carbocycles. The summed E-state index contributed by atoms with van der Waals surface area (Å²) in [6, 6.07) is 0. The molecular weight excluding hydrogens is 214 g/mol. The molecule has 2 spiro atoms. The molecule has 0 radical (unpaired) electrons. The van der Waals surface area contributed by atoms with E-state index in [1.165, 1.54) is 51.4 Å². The van der Waals surface area contributed by atoms with Crippen molar-refractivity contribution in [2.75, 3.05) is 0 Å². The van der Waals surface area contributed by atoms with Crippen LogP contribution in [-0.2, 0) is 9.78 Å². The van der Waals surface area contributed by atoms with Crippen molar-refractivity contribution in [3.63, 3.8) is 0 Å². The maximum Gasteiger partial charge on any atom is 0.156 e. The molecule has 3 rings (SSSR count). The van der Waals surface area contributed by atoms with Crippen molar-refractivity contribution in [2.24, 2.45) is 0 Å². The Morgan fingerprint density at radius 2 is 0.882 bits per heavy atom. The van der Waals surface area contributed by atoms with E-state index in [9.17, 15) is 0 Å². The van der Waals surface area contributed by atoms with Gasteiger partial charge < -0.3 is 0 Å². The fourth-order valence-corrected chi connectivity index (χ4v) is 3.63. The van der Waals surface area contributed by atoms with Gasteiger partial charge in [0.15, 0.2) is 11.4 Å². The van der Waals surface area contributed by atoms with Crippen LogP contribution in [-0.4, -0.2) is 11.4 Å². The molecule has 2 saturated carbocycles. The summed E-state index contributed by atoms with van der Waals surface area (Å²) in [6.07, 6.45) is 14.9. The third kappa shape index (κ3) is 2.51. The van der Waals surface area contributed by atoms with Crippen LogP contribution in [0.4, 0.5) is 0 Å². The van der Waals surface area contributed by atoms with E-state index < -0.39 is 0 Å². The molecule has 0 aromatic heterocycles. The summed E-state index contributed by atoms with van der Waals surface area (Å²) in [5, 5.41) is 3.76. The van der Waals surface area contributed by atoms with E-state index >= 15 is 0 Å². The van der Waals surface area contributed by atoms with Gasteiger partial charge in [-0.1, -0.05) is 25.7 Å². The van der Waals surface area contributed by atoms with Gasteiger partial charge in [-0.15, -0.1) is 0 Å². The molecule has 0 atom stereocenters.